The van der Waals surface area contributed by atoms with Gasteiger partial charge in [-0.15, -0.1) is 0 Å². The highest BCUT2D eigenvalue weighted by Crippen LogP contribution is 2.51. The maximum atomic E-state index is 13.5. The number of nitrogens with one attached hydrogen (secondary N) is 3. The fraction of sp³-hybridized carbons (Fsp3) is 0.310. The van der Waals surface area contributed by atoms with Crippen molar-refractivity contribution >= 4 is 33.6 Å². The van der Waals surface area contributed by atoms with Gasteiger partial charge in [0.05, 0.1) is 24.5 Å². The molecule has 2 bridgehead atoms. The van der Waals surface area contributed by atoms with E-state index in [1.54, 1.807) is 0 Å². The third-order valence-corrected chi connectivity index (χ3v) is 8.18. The molecule has 7 heteroatoms. The number of aromatic amines is 2. The number of nitrogens with zero attached hydrogens (tertiary/aromatic N) is 1. The Kier molecular flexibility index (Phi) is 4.82. The Bertz CT molecular complexity index is 1520. The second kappa shape index (κ2) is 8.10. The van der Waals surface area contributed by atoms with Crippen LogP contribution in [0.15, 0.2) is 73.1 Å². The van der Waals surface area contributed by atoms with E-state index in [2.05, 4.69) is 33.5 Å². The number of ether oxygens (including phenoxy) is 1. The predicted molar refractivity (Wildman–Crippen MR) is 137 cm³/mol. The summed E-state index contributed by atoms with van der Waals surface area (Å²) in [6, 6.07) is 16.4. The van der Waals surface area contributed by atoms with Gasteiger partial charge in [-0.3, -0.25) is 9.59 Å². The number of para-hydroxylation sites is 2. The maximum Gasteiger partial charge on any atom is 0.230 e. The number of rotatable bonds is 7. The molecule has 2 aromatic heterocycles. The van der Waals surface area contributed by atoms with Gasteiger partial charge in [0.15, 0.2) is 0 Å². The molecule has 2 amide bonds. The largest absolute Gasteiger partial charge is 0.361 e. The highest BCUT2D eigenvalue weighted by Gasteiger charge is 2.66. The fourth-order valence-electron chi connectivity index (χ4n) is 6.44. The summed E-state index contributed by atoms with van der Waals surface area (Å²) in [6.07, 6.45) is 9.16. The van der Waals surface area contributed by atoms with Crippen LogP contribution < -0.4 is 5.32 Å². The first-order valence-corrected chi connectivity index (χ1v) is 12.7. The van der Waals surface area contributed by atoms with E-state index >= 15 is 0 Å². The van der Waals surface area contributed by atoms with Crippen LogP contribution in [0.2, 0.25) is 0 Å². The standard InChI is InChI=1S/C29H28N4O3/c34-27(30-13-10-18-15-31-22-7-3-1-5-20(18)22)25-24-9-12-29(36-24)17-33(28(35)26(25)29)14-11-19-16-32-23-8-4-2-6-21(19)23/h1-9,12,15-16,24-26,31-32H,10-11,13-14,17H2,(H,30,34)/t24-,25-,26-,29+/m1/s1. The number of benzene rings is 2. The lowest BCUT2D eigenvalue weighted by atomic mass is 9.77. The zero-order chi connectivity index (χ0) is 24.3. The van der Waals surface area contributed by atoms with Crippen LogP contribution in [-0.4, -0.2) is 58.0 Å². The monoisotopic (exact) mass is 480 g/mol. The molecule has 0 saturated carbocycles. The normalized spacial score (nSPS) is 26.4. The molecule has 7 rings (SSSR count). The Morgan fingerprint density at radius 1 is 1.00 bits per heavy atom. The third-order valence-electron chi connectivity index (χ3n) is 8.18. The van der Waals surface area contributed by atoms with Crippen molar-refractivity contribution < 1.29 is 14.3 Å². The van der Waals surface area contributed by atoms with Crippen LogP contribution in [0.1, 0.15) is 11.1 Å². The van der Waals surface area contributed by atoms with Gasteiger partial charge in [-0.1, -0.05) is 48.6 Å². The summed E-state index contributed by atoms with van der Waals surface area (Å²) in [4.78, 5) is 35.3. The molecule has 5 heterocycles. The minimum atomic E-state index is -0.680. The summed E-state index contributed by atoms with van der Waals surface area (Å²) >= 11 is 0. The van der Waals surface area contributed by atoms with Crippen LogP contribution in [0, 0.1) is 11.8 Å². The minimum absolute atomic E-state index is 0.0264. The molecule has 3 aliphatic rings. The van der Waals surface area contributed by atoms with Gasteiger partial charge in [0.2, 0.25) is 11.8 Å². The lowest BCUT2D eigenvalue weighted by molar-refractivity contribution is -0.137. The molecule has 2 aromatic carbocycles. The predicted octanol–water partition coefficient (Wildman–Crippen LogP) is 3.33. The number of amides is 2. The summed E-state index contributed by atoms with van der Waals surface area (Å²) in [7, 11) is 0. The topological polar surface area (TPSA) is 90.2 Å². The van der Waals surface area contributed by atoms with Crippen molar-refractivity contribution in [3.05, 3.63) is 84.2 Å². The molecule has 2 fully saturated rings. The van der Waals surface area contributed by atoms with Gasteiger partial charge in [0.1, 0.15) is 5.60 Å². The lowest BCUT2D eigenvalue weighted by Crippen LogP contribution is -2.44. The van der Waals surface area contributed by atoms with E-state index in [0.717, 1.165) is 23.9 Å². The number of aromatic nitrogens is 2. The van der Waals surface area contributed by atoms with E-state index in [9.17, 15) is 9.59 Å². The minimum Gasteiger partial charge on any atom is -0.361 e. The van der Waals surface area contributed by atoms with Crippen LogP contribution in [0.4, 0.5) is 0 Å². The van der Waals surface area contributed by atoms with Gasteiger partial charge in [-0.05, 0) is 36.1 Å². The Balaban J connectivity index is 1.03. The van der Waals surface area contributed by atoms with E-state index in [1.807, 2.05) is 59.8 Å². The second-order valence-electron chi connectivity index (χ2n) is 10.2. The number of hydrogen-bond donors (Lipinski definition) is 3. The molecule has 1 spiro atoms. The molecule has 0 aliphatic carbocycles. The number of H-pyrrole nitrogens is 2. The molecule has 4 aromatic rings. The maximum absolute atomic E-state index is 13.5. The first-order valence-electron chi connectivity index (χ1n) is 12.7. The molecule has 4 atom stereocenters. The Morgan fingerprint density at radius 3 is 2.39 bits per heavy atom. The van der Waals surface area contributed by atoms with E-state index in [0.29, 0.717) is 19.6 Å². The summed E-state index contributed by atoms with van der Waals surface area (Å²) in [5.74, 6) is -1.01. The van der Waals surface area contributed by atoms with Crippen molar-refractivity contribution in [3.63, 3.8) is 0 Å². The van der Waals surface area contributed by atoms with E-state index in [-0.39, 0.29) is 17.9 Å². The van der Waals surface area contributed by atoms with Crippen LogP contribution in [0.5, 0.6) is 0 Å². The number of hydrogen-bond acceptors (Lipinski definition) is 3. The second-order valence-corrected chi connectivity index (χ2v) is 10.2. The smallest absolute Gasteiger partial charge is 0.230 e. The van der Waals surface area contributed by atoms with Gasteiger partial charge < -0.3 is 24.9 Å². The van der Waals surface area contributed by atoms with E-state index in [4.69, 9.17) is 4.74 Å². The highest BCUT2D eigenvalue weighted by atomic mass is 16.5. The zero-order valence-corrected chi connectivity index (χ0v) is 19.9. The third kappa shape index (κ3) is 3.23. The number of likely N-dealkylation sites (tertiary alicyclic amines) is 1. The van der Waals surface area contributed by atoms with Crippen molar-refractivity contribution in [1.82, 2.24) is 20.2 Å². The summed E-state index contributed by atoms with van der Waals surface area (Å²) < 4.78 is 6.29. The molecule has 3 aliphatic heterocycles. The van der Waals surface area contributed by atoms with Crippen molar-refractivity contribution in [2.75, 3.05) is 19.6 Å². The van der Waals surface area contributed by atoms with Crippen LogP contribution in [0.3, 0.4) is 0 Å². The van der Waals surface area contributed by atoms with Crippen molar-refractivity contribution in [3.8, 4) is 0 Å². The van der Waals surface area contributed by atoms with Crippen LogP contribution in [0.25, 0.3) is 21.8 Å². The highest BCUT2D eigenvalue weighted by molar-refractivity contribution is 5.93. The first kappa shape index (κ1) is 21.4. The number of carbonyl (C=O) groups is 2. The molecular weight excluding hydrogens is 452 g/mol. The average molecular weight is 481 g/mol. The van der Waals surface area contributed by atoms with Gasteiger partial charge in [0, 0.05) is 47.3 Å². The summed E-state index contributed by atoms with van der Waals surface area (Å²) in [6.45, 7) is 1.63. The van der Waals surface area contributed by atoms with Crippen molar-refractivity contribution in [2.45, 2.75) is 24.5 Å². The molecule has 2 saturated heterocycles. The zero-order valence-electron chi connectivity index (χ0n) is 19.9. The molecule has 0 radical (unpaired) electrons. The van der Waals surface area contributed by atoms with E-state index in [1.165, 1.54) is 21.9 Å². The average Bonchev–Trinajstić information content (AvgIpc) is 3.70. The van der Waals surface area contributed by atoms with Crippen molar-refractivity contribution in [2.24, 2.45) is 11.8 Å². The first-order chi connectivity index (χ1) is 17.6. The Labute approximate surface area is 208 Å². The molecule has 182 valence electrons. The SMILES string of the molecule is O=C(NCCc1c[nH]c2ccccc12)[C@@H]1[C@H]2C=C[C@@]3(CN(CCc4c[nH]c5ccccc45)C(=O)[C@@H]13)O2. The lowest BCUT2D eigenvalue weighted by Gasteiger charge is -2.23. The number of fused-ring (bicyclic) bond motifs is 3. The van der Waals surface area contributed by atoms with E-state index < -0.39 is 17.4 Å². The van der Waals surface area contributed by atoms with Gasteiger partial charge in [-0.25, -0.2) is 0 Å². The Hall–Kier alpha value is -3.84. The van der Waals surface area contributed by atoms with Gasteiger partial charge in [0.25, 0.3) is 0 Å². The van der Waals surface area contributed by atoms with Crippen molar-refractivity contribution in [1.29, 1.82) is 0 Å². The fourth-order valence-corrected chi connectivity index (χ4v) is 6.44. The Morgan fingerprint density at radius 2 is 1.67 bits per heavy atom. The molecule has 0 unspecified atom stereocenters. The molecule has 3 N–H and O–H groups in total. The van der Waals surface area contributed by atoms with Crippen LogP contribution >= 0.6 is 0 Å². The molecule has 36 heavy (non-hydrogen) atoms. The molecular formula is C29H28N4O3. The summed E-state index contributed by atoms with van der Waals surface area (Å²) in [5.41, 5.74) is 3.88. The summed E-state index contributed by atoms with van der Waals surface area (Å²) in [5, 5.41) is 5.45. The quantitative estimate of drug-likeness (QED) is 0.355. The van der Waals surface area contributed by atoms with Gasteiger partial charge >= 0.3 is 0 Å². The number of carbonyl (C=O) groups excluding carboxylic acids is 2. The van der Waals surface area contributed by atoms with Gasteiger partial charge in [-0.2, -0.15) is 0 Å². The van der Waals surface area contributed by atoms with Crippen LogP contribution in [-0.2, 0) is 27.2 Å². The molecule has 7 nitrogen and oxygen atoms in total.